The Morgan fingerprint density at radius 3 is 2.74 bits per heavy atom. The Hall–Kier alpha value is -1.70. The Morgan fingerprint density at radius 2 is 2.11 bits per heavy atom. The van der Waals surface area contributed by atoms with Gasteiger partial charge in [0.05, 0.1) is 6.21 Å². The van der Waals surface area contributed by atoms with E-state index in [0.717, 1.165) is 10.4 Å². The van der Waals surface area contributed by atoms with Crippen molar-refractivity contribution in [3.8, 4) is 5.88 Å². The zero-order valence-electron chi connectivity index (χ0n) is 10.6. The van der Waals surface area contributed by atoms with Crippen LogP contribution >= 0.6 is 0 Å². The van der Waals surface area contributed by atoms with Crippen LogP contribution in [0.4, 0.5) is 0 Å². The molecule has 7 nitrogen and oxygen atoms in total. The summed E-state index contributed by atoms with van der Waals surface area (Å²) in [7, 11) is 1.41. The molecule has 1 aromatic carbocycles. The van der Waals surface area contributed by atoms with Gasteiger partial charge in [-0.15, -0.1) is 9.89 Å². The van der Waals surface area contributed by atoms with Crippen molar-refractivity contribution < 1.29 is 39.5 Å². The normalized spacial score (nSPS) is 10.2. The second-order valence-corrected chi connectivity index (χ2v) is 3.37. The predicted octanol–water partition coefficient (Wildman–Crippen LogP) is -3.40. The van der Waals surface area contributed by atoms with Crippen LogP contribution in [-0.4, -0.2) is 34.3 Å². The molecule has 0 saturated heterocycles. The second-order valence-electron chi connectivity index (χ2n) is 3.37. The fraction of sp³-hybridized carbons (Fsp3) is 0.0909. The molecule has 1 heterocycles. The van der Waals surface area contributed by atoms with Gasteiger partial charge in [-0.1, -0.05) is 30.3 Å². The molecule has 0 atom stereocenters. The van der Waals surface area contributed by atoms with Gasteiger partial charge in [-0.2, -0.15) is 5.10 Å². The monoisotopic (exact) mass is 267 g/mol. The van der Waals surface area contributed by atoms with Crippen LogP contribution < -0.4 is 40.0 Å². The number of carbonyl (C=O) groups excluding carboxylic acids is 1. The van der Waals surface area contributed by atoms with Gasteiger partial charge in [0.2, 0.25) is 0 Å². The first-order valence-corrected chi connectivity index (χ1v) is 5.16. The van der Waals surface area contributed by atoms with E-state index >= 15 is 0 Å². The van der Waals surface area contributed by atoms with Crippen molar-refractivity contribution in [2.24, 2.45) is 5.10 Å². The molecule has 92 valence electrons. The summed E-state index contributed by atoms with van der Waals surface area (Å²) in [5.41, 5.74) is 0.539. The minimum absolute atomic E-state index is 0. The molecule has 0 bridgehead atoms. The number of amides is 1. The van der Waals surface area contributed by atoms with Gasteiger partial charge in [0.15, 0.2) is 5.69 Å². The molecule has 1 aromatic heterocycles. The first-order valence-electron chi connectivity index (χ1n) is 5.16. The molecule has 2 rings (SSSR count). The molecule has 0 unspecified atom stereocenters. The van der Waals surface area contributed by atoms with Gasteiger partial charge < -0.3 is 10.4 Å². The van der Waals surface area contributed by atoms with Gasteiger partial charge in [-0.3, -0.25) is 4.79 Å². The number of nitrogens with one attached hydrogen (secondary N) is 1. The fourth-order valence-electron chi connectivity index (χ4n) is 1.26. The van der Waals surface area contributed by atoms with Crippen LogP contribution in [0.2, 0.25) is 0 Å². The maximum Gasteiger partial charge on any atom is 1.00 e. The Balaban J connectivity index is 0.00000180. The fourth-order valence-corrected chi connectivity index (χ4v) is 1.26. The van der Waals surface area contributed by atoms with Gasteiger partial charge in [0, 0.05) is 12.9 Å². The van der Waals surface area contributed by atoms with E-state index < -0.39 is 11.8 Å². The third-order valence-electron chi connectivity index (χ3n) is 2.17. The van der Waals surface area contributed by atoms with Crippen molar-refractivity contribution in [1.29, 1.82) is 0 Å². The first-order chi connectivity index (χ1) is 8.72. The molecule has 0 aliphatic carbocycles. The molecule has 0 saturated carbocycles. The molecule has 1 N–H and O–H groups in total. The van der Waals surface area contributed by atoms with Crippen LogP contribution in [0.1, 0.15) is 16.1 Å². The molecular formula is C11H10N5NaO2. The summed E-state index contributed by atoms with van der Waals surface area (Å²) < 4.78 is 0. The van der Waals surface area contributed by atoms with E-state index in [-0.39, 0.29) is 35.3 Å². The topological polar surface area (TPSA) is 95.2 Å². The van der Waals surface area contributed by atoms with Gasteiger partial charge in [0.25, 0.3) is 5.91 Å². The molecular weight excluding hydrogens is 257 g/mol. The Labute approximate surface area is 131 Å². The number of rotatable bonds is 3. The number of hydrogen-bond donors (Lipinski definition) is 1. The van der Waals surface area contributed by atoms with Crippen molar-refractivity contribution in [3.63, 3.8) is 0 Å². The van der Waals surface area contributed by atoms with Crippen molar-refractivity contribution >= 4 is 12.1 Å². The zero-order chi connectivity index (χ0) is 13.0. The van der Waals surface area contributed by atoms with Gasteiger partial charge >= 0.3 is 29.6 Å². The molecule has 0 fully saturated rings. The summed E-state index contributed by atoms with van der Waals surface area (Å²) in [5, 5.41) is 24.8. The zero-order valence-corrected chi connectivity index (χ0v) is 12.6. The van der Waals surface area contributed by atoms with E-state index in [9.17, 15) is 9.90 Å². The Kier molecular flexibility index (Phi) is 5.68. The Bertz CT molecular complexity index is 582. The summed E-state index contributed by atoms with van der Waals surface area (Å²) in [6.07, 6.45) is 1.46. The third-order valence-corrected chi connectivity index (χ3v) is 2.17. The number of aromatic nitrogens is 3. The number of nitrogens with zero attached hydrogens (tertiary/aromatic N) is 4. The van der Waals surface area contributed by atoms with Crippen molar-refractivity contribution in [2.75, 3.05) is 7.05 Å². The van der Waals surface area contributed by atoms with E-state index in [1.54, 1.807) is 0 Å². The average molecular weight is 267 g/mol. The summed E-state index contributed by atoms with van der Waals surface area (Å²) in [5.74, 6) is -1.23. The van der Waals surface area contributed by atoms with Crippen LogP contribution in [0.25, 0.3) is 0 Å². The van der Waals surface area contributed by atoms with E-state index in [4.69, 9.17) is 0 Å². The molecule has 0 radical (unpaired) electrons. The van der Waals surface area contributed by atoms with Gasteiger partial charge in [0.1, 0.15) is 0 Å². The minimum Gasteiger partial charge on any atom is -0.856 e. The van der Waals surface area contributed by atoms with E-state index in [0.29, 0.717) is 0 Å². The van der Waals surface area contributed by atoms with Gasteiger partial charge in [-0.05, 0) is 10.8 Å². The Morgan fingerprint density at radius 1 is 1.42 bits per heavy atom. The summed E-state index contributed by atoms with van der Waals surface area (Å²) >= 11 is 0. The number of carbonyl (C=O) groups is 1. The van der Waals surface area contributed by atoms with E-state index in [1.807, 2.05) is 30.3 Å². The predicted molar refractivity (Wildman–Crippen MR) is 62.3 cm³/mol. The molecule has 0 aliphatic heterocycles. The van der Waals surface area contributed by atoms with E-state index in [2.05, 4.69) is 20.7 Å². The second kappa shape index (κ2) is 7.03. The SMILES string of the molecule is CNC(=O)c1nnn(/N=C/c2ccccc2)c1[O-].[Na+]. The number of hydrogen-bond acceptors (Lipinski definition) is 5. The number of benzene rings is 1. The smallest absolute Gasteiger partial charge is 0.856 e. The van der Waals surface area contributed by atoms with Crippen LogP contribution in [0.5, 0.6) is 5.88 Å². The summed E-state index contributed by atoms with van der Waals surface area (Å²) in [4.78, 5) is 12.0. The average Bonchev–Trinajstić information content (AvgIpc) is 2.78. The molecule has 0 aliphatic rings. The molecule has 1 amide bonds. The van der Waals surface area contributed by atoms with Crippen molar-refractivity contribution in [3.05, 3.63) is 41.6 Å². The first kappa shape index (κ1) is 15.4. The van der Waals surface area contributed by atoms with Gasteiger partial charge in [-0.25, -0.2) is 0 Å². The maximum absolute atomic E-state index is 11.7. The minimum atomic E-state index is -0.651. The molecule has 0 spiro atoms. The maximum atomic E-state index is 11.7. The molecule has 8 heteroatoms. The molecule has 19 heavy (non-hydrogen) atoms. The molecule has 2 aromatic rings. The summed E-state index contributed by atoms with van der Waals surface area (Å²) in [6, 6.07) is 9.21. The van der Waals surface area contributed by atoms with Crippen LogP contribution in [0, 0.1) is 0 Å². The van der Waals surface area contributed by atoms with Crippen LogP contribution in [0.15, 0.2) is 35.4 Å². The van der Waals surface area contributed by atoms with Crippen molar-refractivity contribution in [2.45, 2.75) is 0 Å². The summed E-state index contributed by atoms with van der Waals surface area (Å²) in [6.45, 7) is 0. The quantitative estimate of drug-likeness (QED) is 0.463. The third kappa shape index (κ3) is 3.63. The van der Waals surface area contributed by atoms with E-state index in [1.165, 1.54) is 13.3 Å². The standard InChI is InChI=1S/C11H11N5O2.Na/c1-12-10(17)9-11(18)16(15-14-9)13-7-8-5-3-2-4-6-8;/h2-7,18H,1H3,(H,12,17);/q;+1/p-1/b13-7+;. The largest absolute Gasteiger partial charge is 1.00 e. The van der Waals surface area contributed by atoms with Crippen molar-refractivity contribution in [1.82, 2.24) is 20.4 Å². The van der Waals surface area contributed by atoms with Crippen LogP contribution in [-0.2, 0) is 0 Å². The van der Waals surface area contributed by atoms with Crippen LogP contribution in [0.3, 0.4) is 0 Å².